The number of aromatic amines is 1. The van der Waals surface area contributed by atoms with E-state index >= 15 is 0 Å². The van der Waals surface area contributed by atoms with Crippen LogP contribution in [0.15, 0.2) is 65.8 Å². The molecule has 0 aliphatic rings. The fourth-order valence-electron chi connectivity index (χ4n) is 3.00. The second-order valence-electron chi connectivity index (χ2n) is 5.77. The number of hydrogen-bond acceptors (Lipinski definition) is 4. The first-order chi connectivity index (χ1) is 12.7. The van der Waals surface area contributed by atoms with Crippen LogP contribution in [-0.4, -0.2) is 28.8 Å². The van der Waals surface area contributed by atoms with Crippen molar-refractivity contribution in [3.05, 3.63) is 71.4 Å². The van der Waals surface area contributed by atoms with Crippen LogP contribution >= 0.6 is 0 Å². The first-order valence-electron chi connectivity index (χ1n) is 8.09. The van der Waals surface area contributed by atoms with Crippen molar-refractivity contribution in [3.8, 4) is 28.3 Å². The molecule has 0 aliphatic carbocycles. The molecule has 6 nitrogen and oxygen atoms in total. The summed E-state index contributed by atoms with van der Waals surface area (Å²) >= 11 is 0. The van der Waals surface area contributed by atoms with Crippen molar-refractivity contribution < 1.29 is 9.47 Å². The molecule has 26 heavy (non-hydrogen) atoms. The number of fused-ring (bicyclic) bond motifs is 1. The summed E-state index contributed by atoms with van der Waals surface area (Å²) in [6.45, 7) is 0. The van der Waals surface area contributed by atoms with Crippen LogP contribution in [0.2, 0.25) is 0 Å². The number of nitrogens with zero attached hydrogens (tertiary/aromatic N) is 2. The second kappa shape index (κ2) is 6.40. The first-order valence-corrected chi connectivity index (χ1v) is 8.09. The van der Waals surface area contributed by atoms with E-state index in [0.29, 0.717) is 11.0 Å². The minimum absolute atomic E-state index is 0.173. The van der Waals surface area contributed by atoms with Crippen molar-refractivity contribution in [1.29, 1.82) is 0 Å². The molecule has 0 fully saturated rings. The molecule has 0 aliphatic heterocycles. The van der Waals surface area contributed by atoms with Crippen LogP contribution in [0.25, 0.3) is 27.8 Å². The molecule has 4 rings (SSSR count). The molecule has 0 amide bonds. The molecule has 2 aromatic heterocycles. The standard InChI is InChI=1S/C20H17N3O3/c1-25-15-7-3-13(4-8-15)17-11-23(14-5-9-16(26-2)10-6-14)19-18(17)20(24)22-12-21-19/h3-12H,1-2H3,(H,21,22,24). The highest BCUT2D eigenvalue weighted by molar-refractivity contribution is 5.94. The average Bonchev–Trinajstić information content (AvgIpc) is 3.09. The molecule has 0 spiro atoms. The van der Waals surface area contributed by atoms with Gasteiger partial charge in [0.1, 0.15) is 11.5 Å². The summed E-state index contributed by atoms with van der Waals surface area (Å²) in [5.74, 6) is 1.53. The smallest absolute Gasteiger partial charge is 0.260 e. The fraction of sp³-hybridized carbons (Fsp3) is 0.100. The van der Waals surface area contributed by atoms with Gasteiger partial charge in [-0.15, -0.1) is 0 Å². The molecule has 2 aromatic carbocycles. The zero-order valence-electron chi connectivity index (χ0n) is 14.4. The molecule has 4 aromatic rings. The van der Waals surface area contributed by atoms with E-state index in [9.17, 15) is 4.79 Å². The minimum atomic E-state index is -0.173. The fourth-order valence-corrected chi connectivity index (χ4v) is 3.00. The second-order valence-corrected chi connectivity index (χ2v) is 5.77. The quantitative estimate of drug-likeness (QED) is 0.614. The lowest BCUT2D eigenvalue weighted by Gasteiger charge is -2.05. The summed E-state index contributed by atoms with van der Waals surface area (Å²) in [5, 5.41) is 0.550. The van der Waals surface area contributed by atoms with Gasteiger partial charge >= 0.3 is 0 Å². The summed E-state index contributed by atoms with van der Waals surface area (Å²) in [6.07, 6.45) is 3.35. The molecule has 2 heterocycles. The highest BCUT2D eigenvalue weighted by Crippen LogP contribution is 2.30. The van der Waals surface area contributed by atoms with Crippen LogP contribution in [0.1, 0.15) is 0 Å². The van der Waals surface area contributed by atoms with Crippen molar-refractivity contribution in [2.24, 2.45) is 0 Å². The molecule has 0 unspecified atom stereocenters. The van der Waals surface area contributed by atoms with E-state index in [1.807, 2.05) is 59.3 Å². The molecule has 0 atom stereocenters. The van der Waals surface area contributed by atoms with Gasteiger partial charge in [-0.3, -0.25) is 4.79 Å². The molecule has 1 N–H and O–H groups in total. The van der Waals surface area contributed by atoms with Crippen LogP contribution in [0.5, 0.6) is 11.5 Å². The van der Waals surface area contributed by atoms with Crippen LogP contribution < -0.4 is 15.0 Å². The molecular weight excluding hydrogens is 330 g/mol. The Labute approximate surface area is 149 Å². The normalized spacial score (nSPS) is 10.8. The summed E-state index contributed by atoms with van der Waals surface area (Å²) in [6, 6.07) is 15.2. The van der Waals surface area contributed by atoms with Crippen LogP contribution in [0, 0.1) is 0 Å². The zero-order valence-corrected chi connectivity index (χ0v) is 14.4. The van der Waals surface area contributed by atoms with E-state index in [1.54, 1.807) is 14.2 Å². The van der Waals surface area contributed by atoms with Gasteiger partial charge in [0.05, 0.1) is 25.9 Å². The van der Waals surface area contributed by atoms with Gasteiger partial charge in [-0.05, 0) is 42.0 Å². The maximum Gasteiger partial charge on any atom is 0.260 e. The third kappa shape index (κ3) is 2.61. The number of ether oxygens (including phenoxy) is 2. The summed E-state index contributed by atoms with van der Waals surface area (Å²) in [4.78, 5) is 19.5. The van der Waals surface area contributed by atoms with Gasteiger partial charge in [0.25, 0.3) is 5.56 Å². The van der Waals surface area contributed by atoms with Crippen molar-refractivity contribution in [2.45, 2.75) is 0 Å². The monoisotopic (exact) mass is 347 g/mol. The number of aromatic nitrogens is 3. The summed E-state index contributed by atoms with van der Waals surface area (Å²) in [7, 11) is 3.25. The predicted molar refractivity (Wildman–Crippen MR) is 100 cm³/mol. The Morgan fingerprint density at radius 2 is 1.54 bits per heavy atom. The molecule has 6 heteroatoms. The van der Waals surface area contributed by atoms with Gasteiger partial charge in [0.2, 0.25) is 0 Å². The summed E-state index contributed by atoms with van der Waals surface area (Å²) in [5.41, 5.74) is 3.06. The molecule has 130 valence electrons. The van der Waals surface area contributed by atoms with E-state index in [4.69, 9.17) is 9.47 Å². The van der Waals surface area contributed by atoms with E-state index in [-0.39, 0.29) is 5.56 Å². The van der Waals surface area contributed by atoms with Gasteiger partial charge in [0.15, 0.2) is 5.65 Å². The lowest BCUT2D eigenvalue weighted by Crippen LogP contribution is -2.07. The number of H-pyrrole nitrogens is 1. The lowest BCUT2D eigenvalue weighted by atomic mass is 10.1. The van der Waals surface area contributed by atoms with Crippen LogP contribution in [0.3, 0.4) is 0 Å². The Balaban J connectivity index is 1.94. The highest BCUT2D eigenvalue weighted by Gasteiger charge is 2.16. The number of benzene rings is 2. The molecule has 0 radical (unpaired) electrons. The zero-order chi connectivity index (χ0) is 18.1. The van der Waals surface area contributed by atoms with Gasteiger partial charge < -0.3 is 19.0 Å². The maximum atomic E-state index is 12.5. The number of methoxy groups -OCH3 is 2. The van der Waals surface area contributed by atoms with Gasteiger partial charge in [-0.25, -0.2) is 4.98 Å². The Kier molecular flexibility index (Phi) is 3.93. The van der Waals surface area contributed by atoms with Gasteiger partial charge in [-0.1, -0.05) is 12.1 Å². The first kappa shape index (κ1) is 16.0. The van der Waals surface area contributed by atoms with Crippen molar-refractivity contribution in [3.63, 3.8) is 0 Å². The molecule has 0 saturated heterocycles. The van der Waals surface area contributed by atoms with Crippen molar-refractivity contribution >= 4 is 11.0 Å². The summed E-state index contributed by atoms with van der Waals surface area (Å²) < 4.78 is 12.3. The minimum Gasteiger partial charge on any atom is -0.497 e. The SMILES string of the molecule is COc1ccc(-c2cn(-c3ccc(OC)cc3)c3nc[nH]c(=O)c23)cc1. The molecule has 0 bridgehead atoms. The number of rotatable bonds is 4. The van der Waals surface area contributed by atoms with Crippen molar-refractivity contribution in [1.82, 2.24) is 14.5 Å². The third-order valence-electron chi connectivity index (χ3n) is 4.34. The lowest BCUT2D eigenvalue weighted by molar-refractivity contribution is 0.414. The average molecular weight is 347 g/mol. The van der Waals surface area contributed by atoms with Crippen LogP contribution in [-0.2, 0) is 0 Å². The van der Waals surface area contributed by atoms with Gasteiger partial charge in [0, 0.05) is 17.4 Å². The maximum absolute atomic E-state index is 12.5. The Morgan fingerprint density at radius 3 is 2.15 bits per heavy atom. The van der Waals surface area contributed by atoms with E-state index in [2.05, 4.69) is 9.97 Å². The Morgan fingerprint density at radius 1 is 0.923 bits per heavy atom. The largest absolute Gasteiger partial charge is 0.497 e. The topological polar surface area (TPSA) is 69.1 Å². The number of hydrogen-bond donors (Lipinski definition) is 1. The molecule has 0 saturated carbocycles. The van der Waals surface area contributed by atoms with E-state index in [0.717, 1.165) is 28.3 Å². The van der Waals surface area contributed by atoms with E-state index in [1.165, 1.54) is 6.33 Å². The van der Waals surface area contributed by atoms with E-state index < -0.39 is 0 Å². The van der Waals surface area contributed by atoms with Crippen LogP contribution in [0.4, 0.5) is 0 Å². The third-order valence-corrected chi connectivity index (χ3v) is 4.34. The highest BCUT2D eigenvalue weighted by atomic mass is 16.5. The predicted octanol–water partition coefficient (Wildman–Crippen LogP) is 3.40. The Hall–Kier alpha value is -3.54. The van der Waals surface area contributed by atoms with Gasteiger partial charge in [-0.2, -0.15) is 0 Å². The van der Waals surface area contributed by atoms with Crippen molar-refractivity contribution in [2.75, 3.05) is 14.2 Å². The Bertz CT molecular complexity index is 1110. The number of nitrogens with one attached hydrogen (secondary N) is 1. The molecular formula is C20H17N3O3.